The van der Waals surface area contributed by atoms with Crippen LogP contribution in [0.3, 0.4) is 0 Å². The van der Waals surface area contributed by atoms with Gasteiger partial charge in [0, 0.05) is 12.1 Å². The molecule has 0 bridgehead atoms. The summed E-state index contributed by atoms with van der Waals surface area (Å²) in [7, 11) is 0. The molecular weight excluding hydrogens is 235 g/mol. The summed E-state index contributed by atoms with van der Waals surface area (Å²) in [5.74, 6) is -2.97. The summed E-state index contributed by atoms with van der Waals surface area (Å²) >= 11 is 0. The van der Waals surface area contributed by atoms with Crippen molar-refractivity contribution in [3.8, 4) is 0 Å². The molecule has 0 radical (unpaired) electrons. The average Bonchev–Trinajstić information content (AvgIpc) is 2.62. The first-order valence-electron chi connectivity index (χ1n) is 4.74. The summed E-state index contributed by atoms with van der Waals surface area (Å²) in [5.41, 5.74) is 0.530. The van der Waals surface area contributed by atoms with Gasteiger partial charge in [-0.1, -0.05) is 10.3 Å². The molecule has 90 valence electrons. The van der Waals surface area contributed by atoms with Gasteiger partial charge in [-0.2, -0.15) is 0 Å². The van der Waals surface area contributed by atoms with Crippen LogP contribution in [0.4, 0.5) is 18.9 Å². The lowest BCUT2D eigenvalue weighted by Gasteiger charge is -2.07. The van der Waals surface area contributed by atoms with E-state index >= 15 is 0 Å². The van der Waals surface area contributed by atoms with Gasteiger partial charge in [0.1, 0.15) is 22.9 Å². The number of aryl methyl sites for hydroxylation is 1. The van der Waals surface area contributed by atoms with Crippen LogP contribution in [0.2, 0.25) is 0 Å². The second kappa shape index (κ2) is 4.44. The van der Waals surface area contributed by atoms with Gasteiger partial charge in [0.25, 0.3) is 0 Å². The maximum atomic E-state index is 13.2. The minimum Gasteiger partial charge on any atom is -0.374 e. The molecule has 0 aliphatic heterocycles. The van der Waals surface area contributed by atoms with Crippen LogP contribution in [0.5, 0.6) is 0 Å². The molecule has 0 unspecified atom stereocenters. The normalized spacial score (nSPS) is 10.6. The maximum absolute atomic E-state index is 13.2. The number of aromatic nitrogens is 2. The van der Waals surface area contributed by atoms with Crippen molar-refractivity contribution >= 4 is 5.69 Å². The van der Waals surface area contributed by atoms with Gasteiger partial charge in [0.05, 0.1) is 6.54 Å². The predicted molar refractivity (Wildman–Crippen MR) is 52.7 cm³/mol. The minimum absolute atomic E-state index is 0.0365. The van der Waals surface area contributed by atoms with Crippen LogP contribution < -0.4 is 5.32 Å². The third-order valence-corrected chi connectivity index (χ3v) is 2.19. The predicted octanol–water partition coefficient (Wildman–Crippen LogP) is 2.41. The van der Waals surface area contributed by atoms with E-state index in [0.29, 0.717) is 23.5 Å². The number of hydrogen-bond donors (Lipinski definition) is 1. The standard InChI is InChI=1S/C10H8F3N3O/c1-5-9(16-17-15-5)4-14-10-7(12)2-6(11)3-8(10)13/h2-3,14H,4H2,1H3. The summed E-state index contributed by atoms with van der Waals surface area (Å²) < 4.78 is 43.5. The molecule has 2 rings (SSSR count). The van der Waals surface area contributed by atoms with Gasteiger partial charge in [-0.3, -0.25) is 0 Å². The molecule has 0 fully saturated rings. The van der Waals surface area contributed by atoms with E-state index in [2.05, 4.69) is 20.3 Å². The van der Waals surface area contributed by atoms with Crippen molar-refractivity contribution in [3.63, 3.8) is 0 Å². The Bertz CT molecular complexity index is 518. The summed E-state index contributed by atoms with van der Waals surface area (Å²) in [6.45, 7) is 1.68. The molecule has 0 saturated heterocycles. The van der Waals surface area contributed by atoms with Gasteiger partial charge >= 0.3 is 0 Å². The number of halogens is 3. The number of nitrogens with one attached hydrogen (secondary N) is 1. The van der Waals surface area contributed by atoms with Crippen LogP contribution in [0.1, 0.15) is 11.4 Å². The van der Waals surface area contributed by atoms with Crippen molar-refractivity contribution in [2.45, 2.75) is 13.5 Å². The zero-order chi connectivity index (χ0) is 12.4. The van der Waals surface area contributed by atoms with Gasteiger partial charge in [0.2, 0.25) is 0 Å². The Labute approximate surface area is 94.4 Å². The van der Waals surface area contributed by atoms with Crippen LogP contribution in [-0.2, 0) is 6.54 Å². The van der Waals surface area contributed by atoms with Crippen molar-refractivity contribution in [3.05, 3.63) is 41.0 Å². The third-order valence-electron chi connectivity index (χ3n) is 2.19. The van der Waals surface area contributed by atoms with Crippen molar-refractivity contribution < 1.29 is 17.8 Å². The molecule has 0 aliphatic carbocycles. The lowest BCUT2D eigenvalue weighted by Crippen LogP contribution is -2.05. The summed E-state index contributed by atoms with van der Waals surface area (Å²) in [6.07, 6.45) is 0. The van der Waals surface area contributed by atoms with E-state index in [1.165, 1.54) is 0 Å². The zero-order valence-electron chi connectivity index (χ0n) is 8.80. The van der Waals surface area contributed by atoms with Crippen LogP contribution >= 0.6 is 0 Å². The molecule has 7 heteroatoms. The van der Waals surface area contributed by atoms with Crippen molar-refractivity contribution in [1.82, 2.24) is 10.3 Å². The Kier molecular flexibility index (Phi) is 2.99. The highest BCUT2D eigenvalue weighted by Crippen LogP contribution is 2.20. The summed E-state index contributed by atoms with van der Waals surface area (Å²) in [5, 5.41) is 9.53. The lowest BCUT2D eigenvalue weighted by atomic mass is 10.2. The maximum Gasteiger partial charge on any atom is 0.152 e. The van der Waals surface area contributed by atoms with E-state index in [-0.39, 0.29) is 6.54 Å². The molecule has 1 aromatic heterocycles. The van der Waals surface area contributed by atoms with E-state index in [1.54, 1.807) is 6.92 Å². The lowest BCUT2D eigenvalue weighted by molar-refractivity contribution is 0.301. The molecule has 0 spiro atoms. The monoisotopic (exact) mass is 243 g/mol. The van der Waals surface area contributed by atoms with Crippen molar-refractivity contribution in [2.24, 2.45) is 0 Å². The van der Waals surface area contributed by atoms with Gasteiger partial charge in [-0.15, -0.1) is 0 Å². The largest absolute Gasteiger partial charge is 0.374 e. The number of rotatable bonds is 3. The van der Waals surface area contributed by atoms with Gasteiger partial charge in [0.15, 0.2) is 11.6 Å². The Hall–Kier alpha value is -2.05. The van der Waals surface area contributed by atoms with E-state index in [4.69, 9.17) is 0 Å². The Morgan fingerprint density at radius 2 is 1.82 bits per heavy atom. The topological polar surface area (TPSA) is 51.0 Å². The Morgan fingerprint density at radius 1 is 1.18 bits per heavy atom. The van der Waals surface area contributed by atoms with Crippen molar-refractivity contribution in [1.29, 1.82) is 0 Å². The van der Waals surface area contributed by atoms with E-state index in [1.807, 2.05) is 0 Å². The number of nitrogens with zero attached hydrogens (tertiary/aromatic N) is 2. The molecule has 1 N–H and O–H groups in total. The second-order valence-electron chi connectivity index (χ2n) is 3.39. The SMILES string of the molecule is Cc1nonc1CNc1c(F)cc(F)cc1F. The molecule has 0 amide bonds. The molecule has 0 atom stereocenters. The molecule has 2 aromatic rings. The minimum atomic E-state index is -1.00. The highest BCUT2D eigenvalue weighted by molar-refractivity contribution is 5.46. The van der Waals surface area contributed by atoms with Crippen molar-refractivity contribution in [2.75, 3.05) is 5.32 Å². The summed E-state index contributed by atoms with van der Waals surface area (Å²) in [6, 6.07) is 1.19. The zero-order valence-corrected chi connectivity index (χ0v) is 8.80. The first kappa shape index (κ1) is 11.4. The van der Waals surface area contributed by atoms with Gasteiger partial charge < -0.3 is 5.32 Å². The third kappa shape index (κ3) is 2.38. The molecule has 17 heavy (non-hydrogen) atoms. The first-order valence-corrected chi connectivity index (χ1v) is 4.74. The fraction of sp³-hybridized carbons (Fsp3) is 0.200. The highest BCUT2D eigenvalue weighted by Gasteiger charge is 2.12. The summed E-state index contributed by atoms with van der Waals surface area (Å²) in [4.78, 5) is 0. The first-order chi connectivity index (χ1) is 8.08. The van der Waals surface area contributed by atoms with E-state index in [9.17, 15) is 13.2 Å². The fourth-order valence-corrected chi connectivity index (χ4v) is 1.29. The van der Waals surface area contributed by atoms with Crippen LogP contribution in [-0.4, -0.2) is 10.3 Å². The second-order valence-corrected chi connectivity index (χ2v) is 3.39. The molecule has 1 heterocycles. The molecule has 4 nitrogen and oxygen atoms in total. The highest BCUT2D eigenvalue weighted by atomic mass is 19.1. The van der Waals surface area contributed by atoms with Crippen LogP contribution in [0.25, 0.3) is 0 Å². The van der Waals surface area contributed by atoms with E-state index in [0.717, 1.165) is 0 Å². The van der Waals surface area contributed by atoms with E-state index < -0.39 is 23.1 Å². The Morgan fingerprint density at radius 3 is 2.35 bits per heavy atom. The molecule has 0 saturated carbocycles. The number of hydrogen-bond acceptors (Lipinski definition) is 4. The Balaban J connectivity index is 2.17. The number of anilines is 1. The smallest absolute Gasteiger partial charge is 0.152 e. The van der Waals surface area contributed by atoms with Crippen LogP contribution in [0.15, 0.2) is 16.8 Å². The number of benzene rings is 1. The van der Waals surface area contributed by atoms with Gasteiger partial charge in [-0.25, -0.2) is 17.8 Å². The fourth-order valence-electron chi connectivity index (χ4n) is 1.29. The molecule has 0 aliphatic rings. The quantitative estimate of drug-likeness (QED) is 0.899. The average molecular weight is 243 g/mol. The van der Waals surface area contributed by atoms with Gasteiger partial charge in [-0.05, 0) is 6.92 Å². The molecular formula is C10H8F3N3O. The van der Waals surface area contributed by atoms with Crippen LogP contribution in [0, 0.1) is 24.4 Å². The molecule has 1 aromatic carbocycles.